The molecule has 0 saturated carbocycles. The van der Waals surface area contributed by atoms with Crippen LogP contribution in [0, 0.1) is 5.82 Å². The minimum atomic E-state index is -0.463. The number of ether oxygens (including phenoxy) is 2. The lowest BCUT2D eigenvalue weighted by molar-refractivity contribution is 0.0601. The summed E-state index contributed by atoms with van der Waals surface area (Å²) in [6.45, 7) is 0.0527. The molecule has 2 aromatic carbocycles. The Balaban J connectivity index is 2.47. The van der Waals surface area contributed by atoms with Crippen molar-refractivity contribution in [1.82, 2.24) is 0 Å². The molecule has 5 heteroatoms. The zero-order valence-corrected chi connectivity index (χ0v) is 11.9. The third-order valence-electron chi connectivity index (χ3n) is 3.25. The molecule has 0 radical (unpaired) electrons. The first-order valence-electron chi connectivity index (χ1n) is 6.36. The van der Waals surface area contributed by atoms with Crippen molar-refractivity contribution in [2.45, 2.75) is 6.54 Å². The number of hydrogen-bond donors (Lipinski definition) is 1. The molecule has 2 aromatic rings. The highest BCUT2D eigenvalue weighted by Gasteiger charge is 2.14. The van der Waals surface area contributed by atoms with Gasteiger partial charge >= 0.3 is 5.97 Å². The van der Waals surface area contributed by atoms with Crippen LogP contribution in [0.3, 0.4) is 0 Å². The van der Waals surface area contributed by atoms with Crippen LogP contribution in [0.2, 0.25) is 0 Å². The highest BCUT2D eigenvalue weighted by atomic mass is 19.1. The molecule has 0 aromatic heterocycles. The first kappa shape index (κ1) is 15.0. The average molecular weight is 289 g/mol. The van der Waals surface area contributed by atoms with Crippen molar-refractivity contribution < 1.29 is 18.7 Å². The first-order chi connectivity index (χ1) is 10.1. The summed E-state index contributed by atoms with van der Waals surface area (Å²) in [4.78, 5) is 11.4. The van der Waals surface area contributed by atoms with E-state index in [1.807, 2.05) is 0 Å². The van der Waals surface area contributed by atoms with Crippen molar-refractivity contribution in [2.24, 2.45) is 5.73 Å². The van der Waals surface area contributed by atoms with Crippen LogP contribution in [0.15, 0.2) is 36.4 Å². The largest absolute Gasteiger partial charge is 0.494 e. The molecule has 0 aliphatic heterocycles. The van der Waals surface area contributed by atoms with Gasteiger partial charge in [0.2, 0.25) is 0 Å². The average Bonchev–Trinajstić information content (AvgIpc) is 2.54. The number of esters is 1. The maximum Gasteiger partial charge on any atom is 0.337 e. The van der Waals surface area contributed by atoms with Crippen molar-refractivity contribution in [3.05, 3.63) is 53.3 Å². The zero-order valence-electron chi connectivity index (χ0n) is 11.9. The number of rotatable bonds is 4. The van der Waals surface area contributed by atoms with Gasteiger partial charge in [0.05, 0.1) is 19.8 Å². The van der Waals surface area contributed by atoms with Gasteiger partial charge in [0, 0.05) is 12.1 Å². The molecule has 0 aliphatic carbocycles. The minimum Gasteiger partial charge on any atom is -0.494 e. The summed E-state index contributed by atoms with van der Waals surface area (Å²) in [5.74, 6) is -0.721. The number of nitrogens with two attached hydrogens (primary N) is 1. The fourth-order valence-electron chi connectivity index (χ4n) is 2.13. The number of carbonyl (C=O) groups excluding carboxylic acids is 1. The molecule has 0 atom stereocenters. The zero-order chi connectivity index (χ0) is 15.4. The minimum absolute atomic E-state index is 0.0527. The predicted molar refractivity (Wildman–Crippen MR) is 77.6 cm³/mol. The summed E-state index contributed by atoms with van der Waals surface area (Å²) >= 11 is 0. The maximum atomic E-state index is 14.2. The molecular formula is C16H16FNO3. The second-order valence-electron chi connectivity index (χ2n) is 4.38. The van der Waals surface area contributed by atoms with Gasteiger partial charge in [0.25, 0.3) is 0 Å². The number of hydrogen-bond acceptors (Lipinski definition) is 4. The van der Waals surface area contributed by atoms with Crippen LogP contribution in [0.4, 0.5) is 4.39 Å². The van der Waals surface area contributed by atoms with E-state index in [-0.39, 0.29) is 12.3 Å². The Morgan fingerprint density at radius 3 is 2.33 bits per heavy atom. The number of halogens is 1. The van der Waals surface area contributed by atoms with Crippen molar-refractivity contribution in [2.75, 3.05) is 14.2 Å². The summed E-state index contributed by atoms with van der Waals surface area (Å²) < 4.78 is 23.8. The molecule has 2 rings (SSSR count). The normalized spacial score (nSPS) is 10.3. The number of benzene rings is 2. The van der Waals surface area contributed by atoms with Gasteiger partial charge in [-0.1, -0.05) is 18.2 Å². The van der Waals surface area contributed by atoms with Gasteiger partial charge < -0.3 is 15.2 Å². The standard InChI is InChI=1S/C16H16FNO3/c1-20-14-8-7-12(13(9-18)15(14)17)10-3-5-11(6-4-10)16(19)21-2/h3-8H,9,18H2,1-2H3. The molecular weight excluding hydrogens is 273 g/mol. The van der Waals surface area contributed by atoms with Crippen molar-refractivity contribution in [3.8, 4) is 16.9 Å². The van der Waals surface area contributed by atoms with Crippen LogP contribution in [0.1, 0.15) is 15.9 Å². The van der Waals surface area contributed by atoms with E-state index in [0.717, 1.165) is 5.56 Å². The second-order valence-corrected chi connectivity index (χ2v) is 4.38. The summed E-state index contributed by atoms with van der Waals surface area (Å²) in [6, 6.07) is 10.0. The van der Waals surface area contributed by atoms with Gasteiger partial charge in [-0.25, -0.2) is 9.18 Å². The van der Waals surface area contributed by atoms with E-state index in [2.05, 4.69) is 4.74 Å². The van der Waals surface area contributed by atoms with E-state index >= 15 is 0 Å². The van der Waals surface area contributed by atoms with Gasteiger partial charge in [-0.05, 0) is 29.3 Å². The van der Waals surface area contributed by atoms with Crippen LogP contribution in [-0.2, 0) is 11.3 Å². The molecule has 0 aliphatic rings. The summed E-state index contributed by atoms with van der Waals surface area (Å²) in [6.07, 6.45) is 0. The van der Waals surface area contributed by atoms with E-state index in [4.69, 9.17) is 10.5 Å². The topological polar surface area (TPSA) is 61.5 Å². The third kappa shape index (κ3) is 2.87. The van der Waals surface area contributed by atoms with Crippen molar-refractivity contribution in [3.63, 3.8) is 0 Å². The number of carbonyl (C=O) groups is 1. The second kappa shape index (κ2) is 6.37. The van der Waals surface area contributed by atoms with E-state index in [1.165, 1.54) is 14.2 Å². The first-order valence-corrected chi connectivity index (χ1v) is 6.36. The Kier molecular flexibility index (Phi) is 4.55. The Labute approximate surface area is 122 Å². The van der Waals surface area contributed by atoms with E-state index in [1.54, 1.807) is 36.4 Å². The molecule has 21 heavy (non-hydrogen) atoms. The Morgan fingerprint density at radius 2 is 1.81 bits per heavy atom. The lowest BCUT2D eigenvalue weighted by Gasteiger charge is -2.12. The molecule has 4 nitrogen and oxygen atoms in total. The summed E-state index contributed by atoms with van der Waals surface area (Å²) in [5.41, 5.74) is 7.89. The lowest BCUT2D eigenvalue weighted by atomic mass is 9.98. The fraction of sp³-hybridized carbons (Fsp3) is 0.188. The van der Waals surface area contributed by atoms with E-state index in [0.29, 0.717) is 16.7 Å². The van der Waals surface area contributed by atoms with E-state index in [9.17, 15) is 9.18 Å². The third-order valence-corrected chi connectivity index (χ3v) is 3.25. The van der Waals surface area contributed by atoms with Gasteiger partial charge in [0.1, 0.15) is 0 Å². The fourth-order valence-corrected chi connectivity index (χ4v) is 2.13. The van der Waals surface area contributed by atoms with Crippen LogP contribution in [0.5, 0.6) is 5.75 Å². The molecule has 0 saturated heterocycles. The van der Waals surface area contributed by atoms with Gasteiger partial charge in [-0.2, -0.15) is 0 Å². The molecule has 2 N–H and O–H groups in total. The molecule has 0 unspecified atom stereocenters. The molecule has 0 fully saturated rings. The van der Waals surface area contributed by atoms with Crippen LogP contribution in [-0.4, -0.2) is 20.2 Å². The van der Waals surface area contributed by atoms with Gasteiger partial charge in [0.15, 0.2) is 11.6 Å². The SMILES string of the molecule is COC(=O)c1ccc(-c2ccc(OC)c(F)c2CN)cc1. The quantitative estimate of drug-likeness (QED) is 0.879. The summed E-state index contributed by atoms with van der Waals surface area (Å²) in [7, 11) is 2.73. The van der Waals surface area contributed by atoms with Crippen molar-refractivity contribution >= 4 is 5.97 Å². The molecule has 0 heterocycles. The van der Waals surface area contributed by atoms with Crippen molar-refractivity contribution in [1.29, 1.82) is 0 Å². The smallest absolute Gasteiger partial charge is 0.337 e. The molecule has 110 valence electrons. The highest BCUT2D eigenvalue weighted by Crippen LogP contribution is 2.31. The molecule has 0 spiro atoms. The Bertz CT molecular complexity index is 653. The summed E-state index contributed by atoms with van der Waals surface area (Å²) in [5, 5.41) is 0. The van der Waals surface area contributed by atoms with E-state index < -0.39 is 11.8 Å². The Hall–Kier alpha value is -2.40. The Morgan fingerprint density at radius 1 is 1.14 bits per heavy atom. The van der Waals surface area contributed by atoms with Crippen LogP contribution < -0.4 is 10.5 Å². The monoisotopic (exact) mass is 289 g/mol. The van der Waals surface area contributed by atoms with Crippen LogP contribution >= 0.6 is 0 Å². The van der Waals surface area contributed by atoms with Crippen LogP contribution in [0.25, 0.3) is 11.1 Å². The van der Waals surface area contributed by atoms with Gasteiger partial charge in [-0.15, -0.1) is 0 Å². The molecule has 0 bridgehead atoms. The number of methoxy groups -OCH3 is 2. The lowest BCUT2D eigenvalue weighted by Crippen LogP contribution is -2.05. The maximum absolute atomic E-state index is 14.2. The predicted octanol–water partition coefficient (Wildman–Crippen LogP) is 2.75. The van der Waals surface area contributed by atoms with Gasteiger partial charge in [-0.3, -0.25) is 0 Å². The highest BCUT2D eigenvalue weighted by molar-refractivity contribution is 5.90. The molecule has 0 amide bonds.